The maximum Gasteiger partial charge on any atom is 0.433 e. The molecule has 5 nitrogen and oxygen atoms in total. The van der Waals surface area contributed by atoms with E-state index in [-0.39, 0.29) is 23.0 Å². The Morgan fingerprint density at radius 1 is 0.914 bits per heavy atom. The summed E-state index contributed by atoms with van der Waals surface area (Å²) < 4.78 is 7.73. The Labute approximate surface area is 217 Å². The molecule has 0 radical (unpaired) electrons. The number of rotatable bonds is 7. The van der Waals surface area contributed by atoms with Crippen LogP contribution in [0, 0.1) is 5.92 Å². The Bertz CT molecular complexity index is 1210. The number of hydrogen-bond donors (Lipinski definition) is 0. The molecule has 0 atom stereocenters. The van der Waals surface area contributed by atoms with Gasteiger partial charge in [0.1, 0.15) is 12.4 Å². The summed E-state index contributed by atoms with van der Waals surface area (Å²) >= 11 is 0. The van der Waals surface area contributed by atoms with Crippen molar-refractivity contribution < 1.29 is 35.6 Å². The summed E-state index contributed by atoms with van der Waals surface area (Å²) in [6, 6.07) is 8.08. The van der Waals surface area contributed by atoms with Crippen molar-refractivity contribution in [1.82, 2.24) is 4.57 Å². The molecule has 0 saturated carbocycles. The maximum absolute atomic E-state index is 12.6. The zero-order valence-corrected chi connectivity index (χ0v) is 20.8. The number of carbonyl (C=O) groups excluding carboxylic acids is 1. The molecule has 0 unspecified atom stereocenters. The molecule has 0 aromatic carbocycles. The van der Waals surface area contributed by atoms with E-state index in [1.165, 1.54) is 0 Å². The molecule has 3 aromatic heterocycles. The van der Waals surface area contributed by atoms with Gasteiger partial charge in [-0.3, -0.25) is 0 Å². The Balaban J connectivity index is 0.000000509. The molecule has 0 fully saturated rings. The number of pyridine rings is 2. The molecule has 0 amide bonds. The molecule has 3 heterocycles. The Hall–Kier alpha value is -3.60. The van der Waals surface area contributed by atoms with E-state index in [9.17, 15) is 4.79 Å². The minimum Gasteiger partial charge on any atom is -0.236 e. The van der Waals surface area contributed by atoms with E-state index in [1.807, 2.05) is 66.3 Å². The molecule has 0 saturated heterocycles. The number of imidazole rings is 1. The van der Waals surface area contributed by atoms with Gasteiger partial charge in [-0.2, -0.15) is 0 Å². The van der Waals surface area contributed by atoms with Crippen LogP contribution in [-0.4, -0.2) is 10.5 Å². The second kappa shape index (κ2) is 13.3. The second-order valence-corrected chi connectivity index (χ2v) is 8.27. The zero-order valence-electron chi connectivity index (χ0n) is 19.7. The van der Waals surface area contributed by atoms with Gasteiger partial charge in [-0.1, -0.05) is 55.2 Å². The molecule has 5 rings (SSSR count). The van der Waals surface area contributed by atoms with E-state index in [0.717, 1.165) is 30.6 Å². The van der Waals surface area contributed by atoms with Gasteiger partial charge in [0.05, 0.1) is 6.54 Å². The number of hydrogen-bond acceptors (Lipinski definition) is 1. The summed E-state index contributed by atoms with van der Waals surface area (Å²) in [5, 5.41) is 0. The first-order chi connectivity index (χ1) is 16.7. The number of carbonyl (C=O) groups is 1. The quantitative estimate of drug-likeness (QED) is 0.272. The average molecular weight is 507 g/mol. The van der Waals surface area contributed by atoms with Crippen LogP contribution in [0.1, 0.15) is 11.2 Å². The first kappa shape index (κ1) is 26.0. The molecule has 0 bridgehead atoms. The van der Waals surface area contributed by atoms with Crippen molar-refractivity contribution in [2.24, 2.45) is 5.92 Å². The van der Waals surface area contributed by atoms with Crippen molar-refractivity contribution in [2.75, 3.05) is 0 Å². The molecule has 6 heteroatoms. The minimum atomic E-state index is 0. The summed E-state index contributed by atoms with van der Waals surface area (Å²) in [6.45, 7) is 5.74. The van der Waals surface area contributed by atoms with Crippen LogP contribution < -0.4 is 13.7 Å². The topological polar surface area (TPSA) is 33.6 Å². The fourth-order valence-electron chi connectivity index (χ4n) is 3.82. The van der Waals surface area contributed by atoms with Gasteiger partial charge in [-0.05, 0) is 23.6 Å². The molecule has 3 aromatic rings. The van der Waals surface area contributed by atoms with Crippen LogP contribution in [0.3, 0.4) is 0 Å². The van der Waals surface area contributed by atoms with Crippen LogP contribution in [0.2, 0.25) is 0 Å². The van der Waals surface area contributed by atoms with Crippen molar-refractivity contribution in [3.8, 4) is 11.1 Å². The van der Waals surface area contributed by atoms with Crippen molar-refractivity contribution in [3.63, 3.8) is 0 Å². The van der Waals surface area contributed by atoms with Crippen LogP contribution in [0.15, 0.2) is 129 Å². The van der Waals surface area contributed by atoms with Gasteiger partial charge in [0.25, 0.3) is 0 Å². The summed E-state index contributed by atoms with van der Waals surface area (Å²) in [7, 11) is 0. The summed E-state index contributed by atoms with van der Waals surface area (Å²) in [5.41, 5.74) is 2.20. The van der Waals surface area contributed by atoms with Crippen molar-refractivity contribution in [3.05, 3.63) is 129 Å². The maximum atomic E-state index is 12.6. The molecular weight excluding hydrogens is 476 g/mol. The summed E-state index contributed by atoms with van der Waals surface area (Å²) in [5.74, 6) is 0.453. The van der Waals surface area contributed by atoms with Crippen LogP contribution in [0.5, 0.6) is 0 Å². The van der Waals surface area contributed by atoms with Crippen LogP contribution in [0.25, 0.3) is 11.1 Å². The third-order valence-corrected chi connectivity index (χ3v) is 5.65. The van der Waals surface area contributed by atoms with E-state index < -0.39 is 0 Å². The Kier molecular flexibility index (Phi) is 9.91. The molecule has 35 heavy (non-hydrogen) atoms. The predicted molar refractivity (Wildman–Crippen MR) is 132 cm³/mol. The van der Waals surface area contributed by atoms with E-state index in [0.29, 0.717) is 12.5 Å². The van der Waals surface area contributed by atoms with Gasteiger partial charge in [0.2, 0.25) is 12.9 Å². The molecule has 2 aliphatic carbocycles. The van der Waals surface area contributed by atoms with Crippen molar-refractivity contribution >= 4 is 5.91 Å². The van der Waals surface area contributed by atoms with E-state index in [2.05, 4.69) is 76.5 Å². The van der Waals surface area contributed by atoms with E-state index >= 15 is 0 Å². The van der Waals surface area contributed by atoms with Gasteiger partial charge < -0.3 is 0 Å². The summed E-state index contributed by atoms with van der Waals surface area (Å²) in [4.78, 5) is 12.6. The Morgan fingerprint density at radius 2 is 1.54 bits per heavy atom. The number of aromatic nitrogens is 4. The first-order valence-corrected chi connectivity index (χ1v) is 11.6. The van der Waals surface area contributed by atoms with Gasteiger partial charge in [0.15, 0.2) is 31.3 Å². The third kappa shape index (κ3) is 7.71. The monoisotopic (exact) mass is 507 g/mol. The molecular formula is C29H31FeN4O+3. The number of allylic oxidation sites excluding steroid dienone is 9. The van der Waals surface area contributed by atoms with Crippen LogP contribution in [-0.2, 0) is 36.7 Å². The molecule has 0 N–H and O–H groups in total. The second-order valence-electron chi connectivity index (χ2n) is 8.27. The van der Waals surface area contributed by atoms with Gasteiger partial charge in [0, 0.05) is 47.3 Å². The van der Waals surface area contributed by atoms with Crippen LogP contribution >= 0.6 is 0 Å². The van der Waals surface area contributed by atoms with Gasteiger partial charge in [-0.15, -0.1) is 4.57 Å². The standard InChI is InChI=1S/C24H25N4O.C5H6.Fe/c1-2-11-25-12-7-22(8-13-25)23-9-14-28(15-10-23)24(29)19-27-17-16-26(20-27)18-21-5-3-4-6-21;1-2-4-5-3-1;/h2-10,12-17,20-21H,1,11,18-19H2;1-4H,5H2;/q+3;;. The fourth-order valence-corrected chi connectivity index (χ4v) is 3.82. The molecule has 178 valence electrons. The van der Waals surface area contributed by atoms with Gasteiger partial charge >= 0.3 is 5.91 Å². The molecule has 0 aliphatic heterocycles. The largest absolute Gasteiger partial charge is 0.433 e. The van der Waals surface area contributed by atoms with Crippen molar-refractivity contribution in [2.45, 2.75) is 26.1 Å². The zero-order chi connectivity index (χ0) is 23.6. The molecule has 0 spiro atoms. The Morgan fingerprint density at radius 3 is 2.11 bits per heavy atom. The van der Waals surface area contributed by atoms with Gasteiger partial charge in [-0.25, -0.2) is 18.5 Å². The predicted octanol–water partition coefficient (Wildman–Crippen LogP) is 3.79. The fraction of sp³-hybridized carbons (Fsp3) is 0.172. The summed E-state index contributed by atoms with van der Waals surface area (Å²) in [6.07, 6.45) is 33.5. The average Bonchev–Trinajstić information content (AvgIpc) is 3.66. The normalized spacial score (nSPS) is 13.4. The number of nitrogens with zero attached hydrogens (tertiary/aromatic N) is 4. The smallest absolute Gasteiger partial charge is 0.236 e. The van der Waals surface area contributed by atoms with Crippen LogP contribution in [0.4, 0.5) is 0 Å². The first-order valence-electron chi connectivity index (χ1n) is 11.6. The van der Waals surface area contributed by atoms with Crippen molar-refractivity contribution in [1.29, 1.82) is 0 Å². The third-order valence-electron chi connectivity index (χ3n) is 5.65. The SMILES string of the molecule is C1=CCC=C1.C=CC[n+]1ccc(-c2cc[n+](C(=O)C[n+]3ccn(CC4C=CC=C4)c3)cc2)cc1.[Fe]. The van der Waals surface area contributed by atoms with E-state index in [1.54, 1.807) is 4.57 Å². The molecule has 2 aliphatic rings. The minimum absolute atomic E-state index is 0. The van der Waals surface area contributed by atoms with E-state index in [4.69, 9.17) is 0 Å².